The number of hydrogen-bond acceptors (Lipinski definition) is 4. The predicted octanol–water partition coefficient (Wildman–Crippen LogP) is 4.51. The van der Waals surface area contributed by atoms with Gasteiger partial charge in [0.05, 0.1) is 18.2 Å². The minimum atomic E-state index is -0.106. The van der Waals surface area contributed by atoms with Gasteiger partial charge in [-0.3, -0.25) is 4.79 Å². The van der Waals surface area contributed by atoms with Gasteiger partial charge < -0.3 is 14.3 Å². The van der Waals surface area contributed by atoms with E-state index in [-0.39, 0.29) is 18.4 Å². The maximum Gasteiger partial charge on any atom is 0.226 e. The normalized spacial score (nSPS) is 12.2. The molecule has 0 saturated carbocycles. The van der Waals surface area contributed by atoms with E-state index in [1.54, 1.807) is 6.07 Å². The molecule has 0 saturated heterocycles. The van der Waals surface area contributed by atoms with E-state index in [0.29, 0.717) is 17.2 Å². The van der Waals surface area contributed by atoms with Gasteiger partial charge in [-0.05, 0) is 24.6 Å². The molecule has 5 nitrogen and oxygen atoms in total. The molecule has 4 aromatic rings. The van der Waals surface area contributed by atoms with Crippen LogP contribution in [0.5, 0.6) is 0 Å². The van der Waals surface area contributed by atoms with Gasteiger partial charge in [0.25, 0.3) is 0 Å². The molecule has 4 rings (SSSR count). The Morgan fingerprint density at radius 2 is 1.81 bits per heavy atom. The van der Waals surface area contributed by atoms with Gasteiger partial charge in [0, 0.05) is 11.5 Å². The van der Waals surface area contributed by atoms with Crippen LogP contribution in [0.1, 0.15) is 24.2 Å². The van der Waals surface area contributed by atoms with Crippen molar-refractivity contribution >= 4 is 16.9 Å². The molecule has 2 aromatic heterocycles. The fourth-order valence-electron chi connectivity index (χ4n) is 2.90. The summed E-state index contributed by atoms with van der Waals surface area (Å²) in [6.07, 6.45) is 0.154. The molecule has 5 heteroatoms. The van der Waals surface area contributed by atoms with E-state index < -0.39 is 0 Å². The van der Waals surface area contributed by atoms with E-state index in [0.717, 1.165) is 16.5 Å². The highest BCUT2D eigenvalue weighted by atomic mass is 16.5. The molecule has 1 N–H and O–H groups in total. The van der Waals surface area contributed by atoms with Gasteiger partial charge in [0.15, 0.2) is 5.76 Å². The van der Waals surface area contributed by atoms with E-state index in [4.69, 9.17) is 8.94 Å². The number of nitrogens with one attached hydrogen (secondary N) is 1. The van der Waals surface area contributed by atoms with Crippen molar-refractivity contribution in [2.24, 2.45) is 0 Å². The third-order valence-corrected chi connectivity index (χ3v) is 4.25. The molecule has 1 atom stereocenters. The third-order valence-electron chi connectivity index (χ3n) is 4.25. The van der Waals surface area contributed by atoms with Crippen LogP contribution in [-0.4, -0.2) is 11.1 Å². The van der Waals surface area contributed by atoms with Crippen molar-refractivity contribution in [2.75, 3.05) is 0 Å². The lowest BCUT2D eigenvalue weighted by Gasteiger charge is -2.13. The average molecular weight is 346 g/mol. The van der Waals surface area contributed by atoms with Crippen LogP contribution in [0.4, 0.5) is 0 Å². The molecule has 0 aliphatic carbocycles. The van der Waals surface area contributed by atoms with Crippen molar-refractivity contribution in [3.8, 4) is 11.5 Å². The minimum absolute atomic E-state index is 0.0644. The number of furan rings is 1. The Kier molecular flexibility index (Phi) is 4.27. The van der Waals surface area contributed by atoms with Crippen LogP contribution in [0.25, 0.3) is 22.5 Å². The molecular weight excluding hydrogens is 328 g/mol. The molecule has 0 unspecified atom stereocenters. The van der Waals surface area contributed by atoms with Crippen LogP contribution in [0.15, 0.2) is 75.7 Å². The second-order valence-electron chi connectivity index (χ2n) is 6.21. The van der Waals surface area contributed by atoms with Crippen molar-refractivity contribution in [1.82, 2.24) is 10.5 Å². The molecule has 0 aliphatic heterocycles. The zero-order valence-corrected chi connectivity index (χ0v) is 14.3. The predicted molar refractivity (Wildman–Crippen MR) is 98.4 cm³/mol. The Hall–Kier alpha value is -3.34. The molecule has 0 fully saturated rings. The SMILES string of the molecule is C[C@@H](NC(=O)Cc1cc(-c2cc3ccccc3o2)on1)c1ccccc1. The molecule has 1 amide bonds. The van der Waals surface area contributed by atoms with E-state index in [2.05, 4.69) is 10.5 Å². The molecule has 0 aliphatic rings. The van der Waals surface area contributed by atoms with Gasteiger partial charge in [-0.2, -0.15) is 0 Å². The smallest absolute Gasteiger partial charge is 0.226 e. The second-order valence-corrected chi connectivity index (χ2v) is 6.21. The van der Waals surface area contributed by atoms with Gasteiger partial charge in [0.2, 0.25) is 11.7 Å². The lowest BCUT2D eigenvalue weighted by Crippen LogP contribution is -2.28. The molecule has 0 radical (unpaired) electrons. The second kappa shape index (κ2) is 6.88. The Balaban J connectivity index is 1.44. The fraction of sp³-hybridized carbons (Fsp3) is 0.143. The van der Waals surface area contributed by atoms with Crippen LogP contribution < -0.4 is 5.32 Å². The summed E-state index contributed by atoms with van der Waals surface area (Å²) >= 11 is 0. The summed E-state index contributed by atoms with van der Waals surface area (Å²) in [5.41, 5.74) is 2.41. The molecule has 130 valence electrons. The van der Waals surface area contributed by atoms with Crippen LogP contribution in [0.3, 0.4) is 0 Å². The standard InChI is InChI=1S/C21H18N2O3/c1-14(15-7-3-2-4-8-15)22-21(24)13-17-12-20(26-23-17)19-11-16-9-5-6-10-18(16)25-19/h2-12,14H,13H2,1H3,(H,22,24)/t14-/m1/s1. The first kappa shape index (κ1) is 16.1. The Labute approximate surface area is 150 Å². The topological polar surface area (TPSA) is 68.3 Å². The van der Waals surface area contributed by atoms with Gasteiger partial charge in [-0.1, -0.05) is 53.7 Å². The lowest BCUT2D eigenvalue weighted by atomic mass is 10.1. The Bertz CT molecular complexity index is 1000. The number of fused-ring (bicyclic) bond motifs is 1. The molecule has 2 aromatic carbocycles. The number of para-hydroxylation sites is 1. The number of benzene rings is 2. The summed E-state index contributed by atoms with van der Waals surface area (Å²) in [6, 6.07) is 21.1. The fourth-order valence-corrected chi connectivity index (χ4v) is 2.90. The van der Waals surface area contributed by atoms with Crippen molar-refractivity contribution in [2.45, 2.75) is 19.4 Å². The molecule has 2 heterocycles. The highest BCUT2D eigenvalue weighted by Gasteiger charge is 2.15. The van der Waals surface area contributed by atoms with E-state index in [9.17, 15) is 4.79 Å². The summed E-state index contributed by atoms with van der Waals surface area (Å²) in [5, 5.41) is 7.95. The Morgan fingerprint density at radius 1 is 1.04 bits per heavy atom. The zero-order chi connectivity index (χ0) is 17.9. The number of hydrogen-bond donors (Lipinski definition) is 1. The monoisotopic (exact) mass is 346 g/mol. The summed E-state index contributed by atoms with van der Waals surface area (Å²) in [6.45, 7) is 1.95. The van der Waals surface area contributed by atoms with E-state index in [1.807, 2.05) is 67.6 Å². The van der Waals surface area contributed by atoms with E-state index >= 15 is 0 Å². The maximum atomic E-state index is 12.3. The van der Waals surface area contributed by atoms with Gasteiger partial charge in [-0.25, -0.2) is 0 Å². The van der Waals surface area contributed by atoms with Crippen LogP contribution in [0, 0.1) is 0 Å². The number of amides is 1. The highest BCUT2D eigenvalue weighted by molar-refractivity contribution is 5.82. The van der Waals surface area contributed by atoms with Crippen molar-refractivity contribution in [1.29, 1.82) is 0 Å². The Morgan fingerprint density at radius 3 is 2.62 bits per heavy atom. The largest absolute Gasteiger partial charge is 0.453 e. The van der Waals surface area contributed by atoms with Crippen LogP contribution >= 0.6 is 0 Å². The van der Waals surface area contributed by atoms with E-state index in [1.165, 1.54) is 0 Å². The summed E-state index contributed by atoms with van der Waals surface area (Å²) in [4.78, 5) is 12.3. The summed E-state index contributed by atoms with van der Waals surface area (Å²) in [5.74, 6) is 1.01. The molecule has 0 spiro atoms. The van der Waals surface area contributed by atoms with Crippen molar-refractivity contribution < 1.29 is 13.7 Å². The average Bonchev–Trinajstić information content (AvgIpc) is 3.28. The van der Waals surface area contributed by atoms with Crippen molar-refractivity contribution in [3.63, 3.8) is 0 Å². The van der Waals surface area contributed by atoms with Gasteiger partial charge in [0.1, 0.15) is 5.58 Å². The number of nitrogens with zero attached hydrogens (tertiary/aromatic N) is 1. The number of aromatic nitrogens is 1. The number of rotatable bonds is 5. The quantitative estimate of drug-likeness (QED) is 0.577. The molecule has 26 heavy (non-hydrogen) atoms. The maximum absolute atomic E-state index is 12.3. The first-order valence-corrected chi connectivity index (χ1v) is 8.48. The van der Waals surface area contributed by atoms with Gasteiger partial charge in [-0.15, -0.1) is 0 Å². The first-order chi connectivity index (χ1) is 12.7. The summed E-state index contributed by atoms with van der Waals surface area (Å²) in [7, 11) is 0. The number of carbonyl (C=O) groups excluding carboxylic acids is 1. The molecular formula is C21H18N2O3. The van der Waals surface area contributed by atoms with Crippen LogP contribution in [0.2, 0.25) is 0 Å². The first-order valence-electron chi connectivity index (χ1n) is 8.48. The highest BCUT2D eigenvalue weighted by Crippen LogP contribution is 2.28. The summed E-state index contributed by atoms with van der Waals surface area (Å²) < 4.78 is 11.1. The number of carbonyl (C=O) groups is 1. The minimum Gasteiger partial charge on any atom is -0.453 e. The molecule has 0 bridgehead atoms. The third kappa shape index (κ3) is 3.37. The van der Waals surface area contributed by atoms with Gasteiger partial charge >= 0.3 is 0 Å². The van der Waals surface area contributed by atoms with Crippen LogP contribution in [-0.2, 0) is 11.2 Å². The zero-order valence-electron chi connectivity index (χ0n) is 14.3. The van der Waals surface area contributed by atoms with Crippen molar-refractivity contribution in [3.05, 3.63) is 78.0 Å². The lowest BCUT2D eigenvalue weighted by molar-refractivity contribution is -0.121.